The Hall–Kier alpha value is -1.82. The van der Waals surface area contributed by atoms with Crippen LogP contribution in [-0.4, -0.2) is 34.9 Å². The van der Waals surface area contributed by atoms with Gasteiger partial charge < -0.3 is 15.4 Å². The van der Waals surface area contributed by atoms with Gasteiger partial charge in [0.25, 0.3) is 5.91 Å². The van der Waals surface area contributed by atoms with Gasteiger partial charge in [-0.05, 0) is 36.8 Å². The summed E-state index contributed by atoms with van der Waals surface area (Å²) in [5, 5.41) is 0. The molecular weight excluding hydrogens is 337 g/mol. The van der Waals surface area contributed by atoms with Gasteiger partial charge in [0, 0.05) is 37.1 Å². The van der Waals surface area contributed by atoms with E-state index in [1.807, 2.05) is 12.1 Å². The zero-order valence-electron chi connectivity index (χ0n) is 12.4. The van der Waals surface area contributed by atoms with E-state index in [4.69, 9.17) is 10.5 Å². The maximum absolute atomic E-state index is 12.4. The highest BCUT2D eigenvalue weighted by Crippen LogP contribution is 2.22. The molecule has 2 aromatic rings. The number of nitrogens with zero attached hydrogens (tertiary/aromatic N) is 2. The Kier molecular flexibility index (Phi) is 7.29. The third-order valence-corrected chi connectivity index (χ3v) is 3.48. The highest BCUT2D eigenvalue weighted by atomic mass is 35.5. The summed E-state index contributed by atoms with van der Waals surface area (Å²) in [5.74, 6) is 1.33. The zero-order chi connectivity index (χ0) is 14.7. The van der Waals surface area contributed by atoms with Gasteiger partial charge in [-0.15, -0.1) is 24.8 Å². The Morgan fingerprint density at radius 3 is 2.57 bits per heavy atom. The highest BCUT2D eigenvalue weighted by molar-refractivity contribution is 5.94. The molecule has 1 aromatic heterocycles. The molecule has 2 N–H and O–H groups in total. The van der Waals surface area contributed by atoms with E-state index in [0.717, 1.165) is 13.0 Å². The molecule has 5 nitrogen and oxygen atoms in total. The fourth-order valence-electron chi connectivity index (χ4n) is 2.39. The summed E-state index contributed by atoms with van der Waals surface area (Å²) in [6.07, 6.45) is 4.19. The topological polar surface area (TPSA) is 68.5 Å². The number of pyridine rings is 1. The Morgan fingerprint density at radius 1 is 1.17 bits per heavy atom. The van der Waals surface area contributed by atoms with Gasteiger partial charge in [-0.2, -0.15) is 0 Å². The lowest BCUT2D eigenvalue weighted by atomic mass is 10.2. The van der Waals surface area contributed by atoms with Crippen LogP contribution >= 0.6 is 24.8 Å². The predicted molar refractivity (Wildman–Crippen MR) is 93.7 cm³/mol. The van der Waals surface area contributed by atoms with Gasteiger partial charge in [-0.3, -0.25) is 9.78 Å². The van der Waals surface area contributed by atoms with Gasteiger partial charge >= 0.3 is 0 Å². The van der Waals surface area contributed by atoms with E-state index in [-0.39, 0.29) is 36.8 Å². The van der Waals surface area contributed by atoms with Crippen molar-refractivity contribution in [1.82, 2.24) is 9.88 Å². The summed E-state index contributed by atoms with van der Waals surface area (Å²) >= 11 is 0. The first-order valence-corrected chi connectivity index (χ1v) is 6.95. The molecule has 7 heteroatoms. The second-order valence-electron chi connectivity index (χ2n) is 5.11. The van der Waals surface area contributed by atoms with E-state index in [1.165, 1.54) is 0 Å². The van der Waals surface area contributed by atoms with Crippen molar-refractivity contribution in [3.63, 3.8) is 0 Å². The molecule has 0 unspecified atom stereocenters. The van der Waals surface area contributed by atoms with Gasteiger partial charge in [0.05, 0.1) is 0 Å². The van der Waals surface area contributed by atoms with Crippen molar-refractivity contribution in [2.75, 3.05) is 13.1 Å². The number of halogens is 2. The van der Waals surface area contributed by atoms with E-state index in [0.29, 0.717) is 23.6 Å². The van der Waals surface area contributed by atoms with Gasteiger partial charge in [-0.25, -0.2) is 0 Å². The molecule has 1 amide bonds. The summed E-state index contributed by atoms with van der Waals surface area (Å²) in [7, 11) is 0. The van der Waals surface area contributed by atoms with Crippen LogP contribution in [0, 0.1) is 0 Å². The van der Waals surface area contributed by atoms with Crippen LogP contribution in [0.15, 0.2) is 48.8 Å². The van der Waals surface area contributed by atoms with Crippen molar-refractivity contribution in [2.24, 2.45) is 5.73 Å². The fourth-order valence-corrected chi connectivity index (χ4v) is 2.39. The summed E-state index contributed by atoms with van der Waals surface area (Å²) in [5.41, 5.74) is 6.47. The SMILES string of the molecule is Cl.Cl.N[C@@H]1CCN(C(=O)c2cccc(Oc3ccncc3)c2)C1. The van der Waals surface area contributed by atoms with Crippen LogP contribution in [0.3, 0.4) is 0 Å². The van der Waals surface area contributed by atoms with Crippen molar-refractivity contribution in [2.45, 2.75) is 12.5 Å². The van der Waals surface area contributed by atoms with Crippen LogP contribution in [0.25, 0.3) is 0 Å². The quantitative estimate of drug-likeness (QED) is 0.918. The Morgan fingerprint density at radius 2 is 1.91 bits per heavy atom. The van der Waals surface area contributed by atoms with Crippen LogP contribution in [0.4, 0.5) is 0 Å². The lowest BCUT2D eigenvalue weighted by Gasteiger charge is -2.16. The third-order valence-electron chi connectivity index (χ3n) is 3.48. The molecule has 1 aromatic carbocycles. The van der Waals surface area contributed by atoms with E-state index in [1.54, 1.807) is 41.6 Å². The number of aromatic nitrogens is 1. The number of hydrogen-bond donors (Lipinski definition) is 1. The highest BCUT2D eigenvalue weighted by Gasteiger charge is 2.24. The van der Waals surface area contributed by atoms with Crippen LogP contribution in [0.5, 0.6) is 11.5 Å². The van der Waals surface area contributed by atoms with Crippen molar-refractivity contribution in [3.8, 4) is 11.5 Å². The second kappa shape index (κ2) is 8.72. The monoisotopic (exact) mass is 355 g/mol. The van der Waals surface area contributed by atoms with Gasteiger partial charge in [0.1, 0.15) is 11.5 Å². The predicted octanol–water partition coefficient (Wildman–Crippen LogP) is 2.89. The minimum atomic E-state index is 0. The van der Waals surface area contributed by atoms with Crippen LogP contribution < -0.4 is 10.5 Å². The van der Waals surface area contributed by atoms with E-state index in [2.05, 4.69) is 4.98 Å². The molecule has 1 aliphatic heterocycles. The lowest BCUT2D eigenvalue weighted by Crippen LogP contribution is -2.31. The average molecular weight is 356 g/mol. The molecule has 2 heterocycles. The molecule has 3 rings (SSSR count). The maximum Gasteiger partial charge on any atom is 0.254 e. The Balaban J connectivity index is 0.00000132. The number of amides is 1. The number of hydrogen-bond acceptors (Lipinski definition) is 4. The summed E-state index contributed by atoms with van der Waals surface area (Å²) in [4.78, 5) is 18.1. The largest absolute Gasteiger partial charge is 0.457 e. The maximum atomic E-state index is 12.4. The molecule has 0 bridgehead atoms. The first-order valence-electron chi connectivity index (χ1n) is 6.95. The summed E-state index contributed by atoms with van der Waals surface area (Å²) in [6.45, 7) is 1.34. The number of benzene rings is 1. The lowest BCUT2D eigenvalue weighted by molar-refractivity contribution is 0.0790. The van der Waals surface area contributed by atoms with Crippen molar-refractivity contribution < 1.29 is 9.53 Å². The van der Waals surface area contributed by atoms with E-state index in [9.17, 15) is 4.79 Å². The normalized spacial score (nSPS) is 16.2. The van der Waals surface area contributed by atoms with E-state index >= 15 is 0 Å². The standard InChI is InChI=1S/C16H17N3O2.2ClH/c17-13-6-9-19(11-13)16(20)12-2-1-3-15(10-12)21-14-4-7-18-8-5-14;;/h1-5,7-8,10,13H,6,9,11,17H2;2*1H/t13-;;/m1../s1. The van der Waals surface area contributed by atoms with Gasteiger partial charge in [0.15, 0.2) is 0 Å². The third kappa shape index (κ3) is 4.82. The minimum Gasteiger partial charge on any atom is -0.457 e. The molecule has 0 spiro atoms. The van der Waals surface area contributed by atoms with Crippen LogP contribution in [0.2, 0.25) is 0 Å². The Bertz CT molecular complexity index is 640. The molecule has 1 aliphatic rings. The number of rotatable bonds is 3. The smallest absolute Gasteiger partial charge is 0.254 e. The molecule has 0 radical (unpaired) electrons. The molecule has 0 saturated carbocycles. The molecule has 124 valence electrons. The summed E-state index contributed by atoms with van der Waals surface area (Å²) < 4.78 is 5.72. The van der Waals surface area contributed by atoms with Crippen molar-refractivity contribution >= 4 is 30.7 Å². The van der Waals surface area contributed by atoms with Crippen LogP contribution in [-0.2, 0) is 0 Å². The molecule has 23 heavy (non-hydrogen) atoms. The van der Waals surface area contributed by atoms with Gasteiger partial charge in [-0.1, -0.05) is 6.07 Å². The molecule has 1 saturated heterocycles. The molecule has 1 atom stereocenters. The molecule has 0 aliphatic carbocycles. The van der Waals surface area contributed by atoms with Crippen molar-refractivity contribution in [3.05, 3.63) is 54.4 Å². The number of likely N-dealkylation sites (tertiary alicyclic amines) is 1. The average Bonchev–Trinajstić information content (AvgIpc) is 2.94. The number of carbonyl (C=O) groups is 1. The van der Waals surface area contributed by atoms with Crippen LogP contribution in [0.1, 0.15) is 16.8 Å². The fraction of sp³-hybridized carbons (Fsp3) is 0.250. The molecular formula is C16H19Cl2N3O2. The number of carbonyl (C=O) groups excluding carboxylic acids is 1. The number of nitrogens with two attached hydrogens (primary N) is 1. The van der Waals surface area contributed by atoms with Crippen molar-refractivity contribution in [1.29, 1.82) is 0 Å². The molecule has 1 fully saturated rings. The number of ether oxygens (including phenoxy) is 1. The Labute approximate surface area is 147 Å². The first-order chi connectivity index (χ1) is 10.2. The second-order valence-corrected chi connectivity index (χ2v) is 5.11. The van der Waals surface area contributed by atoms with Gasteiger partial charge in [0.2, 0.25) is 0 Å². The minimum absolute atomic E-state index is 0. The zero-order valence-corrected chi connectivity index (χ0v) is 14.1. The summed E-state index contributed by atoms with van der Waals surface area (Å²) in [6, 6.07) is 10.8. The van der Waals surface area contributed by atoms with E-state index < -0.39 is 0 Å². The first kappa shape index (κ1) is 19.2.